The van der Waals surface area contributed by atoms with Crippen molar-refractivity contribution in [3.8, 4) is 11.5 Å². The van der Waals surface area contributed by atoms with Crippen LogP contribution in [0.4, 0.5) is 0 Å². The van der Waals surface area contributed by atoms with Gasteiger partial charge >= 0.3 is 0 Å². The number of aliphatic hydroxyl groups excluding tert-OH is 1. The summed E-state index contributed by atoms with van der Waals surface area (Å²) >= 11 is 0. The number of ketones is 2. The number of nitrogens with one attached hydrogen (secondary N) is 1. The van der Waals surface area contributed by atoms with Crippen LogP contribution in [0.3, 0.4) is 0 Å². The van der Waals surface area contributed by atoms with Crippen LogP contribution in [0, 0.1) is 17.8 Å². The van der Waals surface area contributed by atoms with Gasteiger partial charge in [-0.3, -0.25) is 14.4 Å². The van der Waals surface area contributed by atoms with E-state index < -0.39 is 24.5 Å². The van der Waals surface area contributed by atoms with Crippen molar-refractivity contribution in [1.29, 1.82) is 0 Å². The van der Waals surface area contributed by atoms with Gasteiger partial charge in [-0.25, -0.2) is 0 Å². The number of hydrogen-bond acceptors (Lipinski definition) is 6. The highest BCUT2D eigenvalue weighted by atomic mass is 16.5. The second-order valence-corrected chi connectivity index (χ2v) is 11.2. The molecule has 2 bridgehead atoms. The number of benzene rings is 2. The molecule has 4 rings (SSSR count). The van der Waals surface area contributed by atoms with E-state index in [0.717, 1.165) is 35.5 Å². The van der Waals surface area contributed by atoms with E-state index in [1.807, 2.05) is 62.4 Å². The van der Waals surface area contributed by atoms with Crippen molar-refractivity contribution in [1.82, 2.24) is 5.32 Å². The molecule has 0 saturated carbocycles. The molecular formula is C33H45NO6. The Hall–Kier alpha value is -3.19. The smallest absolute Gasteiger partial charge is 0.224 e. The summed E-state index contributed by atoms with van der Waals surface area (Å²) in [4.78, 5) is 40.0. The quantitative estimate of drug-likeness (QED) is 0.356. The zero-order valence-electron chi connectivity index (χ0n) is 24.2. The maximum absolute atomic E-state index is 13.7. The number of unbranched alkanes of at least 4 members (excludes halogenated alkanes) is 1. The maximum atomic E-state index is 13.7. The van der Waals surface area contributed by atoms with Crippen molar-refractivity contribution in [2.45, 2.75) is 78.2 Å². The fraction of sp³-hybridized carbons (Fsp3) is 0.545. The van der Waals surface area contributed by atoms with Crippen molar-refractivity contribution < 1.29 is 29.0 Å². The molecule has 0 radical (unpaired) electrons. The molecule has 3 atom stereocenters. The average molecular weight is 552 g/mol. The van der Waals surface area contributed by atoms with Crippen LogP contribution in [-0.2, 0) is 27.2 Å². The summed E-state index contributed by atoms with van der Waals surface area (Å²) in [6.45, 7) is 6.62. The van der Waals surface area contributed by atoms with Crippen molar-refractivity contribution in [2.75, 3.05) is 19.8 Å². The van der Waals surface area contributed by atoms with Crippen LogP contribution in [0.15, 0.2) is 48.5 Å². The van der Waals surface area contributed by atoms with Gasteiger partial charge in [-0.1, -0.05) is 51.5 Å². The van der Waals surface area contributed by atoms with Crippen molar-refractivity contribution in [3.05, 3.63) is 59.7 Å². The van der Waals surface area contributed by atoms with Crippen molar-refractivity contribution in [2.24, 2.45) is 17.8 Å². The first-order valence-electron chi connectivity index (χ1n) is 14.7. The number of carbonyl (C=O) groups is 3. The minimum Gasteiger partial charge on any atom is -0.494 e. The molecule has 0 saturated heterocycles. The molecule has 1 amide bonds. The second-order valence-electron chi connectivity index (χ2n) is 11.2. The second kappa shape index (κ2) is 16.2. The van der Waals surface area contributed by atoms with Gasteiger partial charge in [0.1, 0.15) is 18.1 Å². The lowest BCUT2D eigenvalue weighted by atomic mass is 9.79. The maximum Gasteiger partial charge on any atom is 0.224 e. The highest BCUT2D eigenvalue weighted by Gasteiger charge is 2.35. The van der Waals surface area contributed by atoms with E-state index in [1.54, 1.807) is 0 Å². The normalized spacial score (nSPS) is 19.9. The summed E-state index contributed by atoms with van der Waals surface area (Å²) in [7, 11) is 0. The summed E-state index contributed by atoms with van der Waals surface area (Å²) in [6.07, 6.45) is 4.75. The Morgan fingerprint density at radius 3 is 2.45 bits per heavy atom. The summed E-state index contributed by atoms with van der Waals surface area (Å²) in [5.41, 5.74) is 1.94. The Balaban J connectivity index is 1.79. The van der Waals surface area contributed by atoms with Crippen LogP contribution >= 0.6 is 0 Å². The zero-order valence-corrected chi connectivity index (χ0v) is 24.2. The van der Waals surface area contributed by atoms with Crippen LogP contribution in [0.1, 0.15) is 70.4 Å². The van der Waals surface area contributed by atoms with Crippen LogP contribution < -0.4 is 14.8 Å². The van der Waals surface area contributed by atoms with E-state index in [2.05, 4.69) is 12.2 Å². The van der Waals surface area contributed by atoms with E-state index in [9.17, 15) is 19.5 Å². The van der Waals surface area contributed by atoms with Crippen LogP contribution in [0.5, 0.6) is 11.5 Å². The standard InChI is InChI=1S/C33H45NO6/c1-4-5-18-39-26-13-8-24(9-14-26)12-17-31(36)30-21-25-10-15-27(16-11-25)40-19-6-7-28(32(37)22-35)29(20-23(2)3)33(38)34-30/h8-11,13-16,23,28-30,35H,4-7,12,17-22H2,1-3H3,(H,34,38). The number of rotatable bonds is 12. The molecule has 0 fully saturated rings. The highest BCUT2D eigenvalue weighted by molar-refractivity contribution is 5.93. The molecule has 3 unspecified atom stereocenters. The molecule has 2 aliphatic rings. The van der Waals surface area contributed by atoms with Crippen molar-refractivity contribution in [3.63, 3.8) is 0 Å². The molecule has 2 aliphatic heterocycles. The number of carbonyl (C=O) groups excluding carboxylic acids is 3. The van der Waals surface area contributed by atoms with Gasteiger partial charge < -0.3 is 19.9 Å². The molecule has 7 heteroatoms. The van der Waals surface area contributed by atoms with Gasteiger partial charge in [0.05, 0.1) is 19.3 Å². The van der Waals surface area contributed by atoms with Crippen LogP contribution in [0.2, 0.25) is 0 Å². The van der Waals surface area contributed by atoms with E-state index in [4.69, 9.17) is 9.47 Å². The van der Waals surface area contributed by atoms with Gasteiger partial charge in [0.15, 0.2) is 11.6 Å². The molecule has 218 valence electrons. The third-order valence-corrected chi connectivity index (χ3v) is 7.46. The van der Waals surface area contributed by atoms with Crippen LogP contribution in [-0.4, -0.2) is 48.4 Å². The predicted octanol–water partition coefficient (Wildman–Crippen LogP) is 5.11. The molecule has 2 N–H and O–H groups in total. The summed E-state index contributed by atoms with van der Waals surface area (Å²) in [6, 6.07) is 14.7. The Morgan fingerprint density at radius 1 is 1.07 bits per heavy atom. The SMILES string of the molecule is CCCCOc1ccc(CCC(=O)C2Cc3ccc(cc3)OCCCC(C(=O)CO)C(CC(C)C)C(=O)N2)cc1. The predicted molar refractivity (Wildman–Crippen MR) is 156 cm³/mol. The Kier molecular flexibility index (Phi) is 12.7. The summed E-state index contributed by atoms with van der Waals surface area (Å²) < 4.78 is 11.6. The molecule has 0 aliphatic carbocycles. The molecule has 40 heavy (non-hydrogen) atoms. The average Bonchev–Trinajstić information content (AvgIpc) is 2.95. The lowest BCUT2D eigenvalue weighted by molar-refractivity contribution is -0.137. The van der Waals surface area contributed by atoms with E-state index in [0.29, 0.717) is 45.3 Å². The van der Waals surface area contributed by atoms with Crippen molar-refractivity contribution >= 4 is 17.5 Å². The number of hydrogen-bond donors (Lipinski definition) is 2. The lowest BCUT2D eigenvalue weighted by Crippen LogP contribution is -2.48. The fourth-order valence-electron chi connectivity index (χ4n) is 5.17. The first kappa shape index (κ1) is 31.3. The number of Topliss-reactive ketones (excluding diaryl/α,β-unsaturated/α-hetero) is 2. The Bertz CT molecular complexity index is 1080. The van der Waals surface area contributed by atoms with Gasteiger partial charge in [0.2, 0.25) is 5.91 Å². The monoisotopic (exact) mass is 551 g/mol. The molecule has 2 aromatic carbocycles. The van der Waals surface area contributed by atoms with Gasteiger partial charge in [-0.05, 0) is 79.8 Å². The minimum atomic E-state index is -0.724. The van der Waals surface area contributed by atoms with Gasteiger partial charge in [-0.2, -0.15) is 0 Å². The van der Waals surface area contributed by atoms with Gasteiger partial charge in [0.25, 0.3) is 0 Å². The number of aliphatic hydroxyl groups is 1. The number of aryl methyl sites for hydroxylation is 1. The third-order valence-electron chi connectivity index (χ3n) is 7.46. The first-order valence-corrected chi connectivity index (χ1v) is 14.7. The topological polar surface area (TPSA) is 102 Å². The molecule has 0 aromatic heterocycles. The van der Waals surface area contributed by atoms with E-state index in [-0.39, 0.29) is 29.8 Å². The molecule has 2 heterocycles. The third kappa shape index (κ3) is 9.77. The molecule has 7 nitrogen and oxygen atoms in total. The van der Waals surface area contributed by atoms with Gasteiger partial charge in [-0.15, -0.1) is 0 Å². The summed E-state index contributed by atoms with van der Waals surface area (Å²) in [5.74, 6) is -0.265. The fourth-order valence-corrected chi connectivity index (χ4v) is 5.17. The molecular weight excluding hydrogens is 506 g/mol. The Morgan fingerprint density at radius 2 is 1.80 bits per heavy atom. The summed E-state index contributed by atoms with van der Waals surface area (Å²) in [5, 5.41) is 12.7. The Labute approximate surface area is 238 Å². The largest absolute Gasteiger partial charge is 0.494 e. The number of ether oxygens (including phenoxy) is 2. The van der Waals surface area contributed by atoms with E-state index in [1.165, 1.54) is 0 Å². The number of fused-ring (bicyclic) bond motifs is 11. The lowest BCUT2D eigenvalue weighted by Gasteiger charge is -2.29. The first-order chi connectivity index (χ1) is 19.3. The zero-order chi connectivity index (χ0) is 28.9. The molecule has 0 spiro atoms. The highest BCUT2D eigenvalue weighted by Crippen LogP contribution is 2.27. The van der Waals surface area contributed by atoms with Crippen LogP contribution in [0.25, 0.3) is 0 Å². The number of amides is 1. The molecule has 2 aromatic rings. The van der Waals surface area contributed by atoms with Gasteiger partial charge in [0, 0.05) is 18.3 Å². The minimum absolute atomic E-state index is 0.0580. The van der Waals surface area contributed by atoms with E-state index >= 15 is 0 Å².